The Bertz CT molecular complexity index is 704. The smallest absolute Gasteiger partial charge is 0.410 e. The molecule has 0 aliphatic carbocycles. The zero-order valence-corrected chi connectivity index (χ0v) is 16.5. The molecule has 2 aromatic rings. The fraction of sp³-hybridized carbons (Fsp3) is 0.409. The first-order valence-electron chi connectivity index (χ1n) is 9.29. The van der Waals surface area contributed by atoms with Gasteiger partial charge in [0.15, 0.2) is 0 Å². The summed E-state index contributed by atoms with van der Waals surface area (Å²) in [5.74, 6) is 0. The van der Waals surface area contributed by atoms with Gasteiger partial charge in [-0.25, -0.2) is 4.79 Å². The number of hydrogen-bond donors (Lipinski definition) is 0. The molecule has 3 rings (SSSR count). The van der Waals surface area contributed by atoms with Gasteiger partial charge in [0.05, 0.1) is 18.7 Å². The second-order valence-electron chi connectivity index (χ2n) is 7.77. The van der Waals surface area contributed by atoms with Crippen molar-refractivity contribution in [2.45, 2.75) is 38.5 Å². The minimum absolute atomic E-state index is 0.00711. The average molecular weight is 368 g/mol. The van der Waals surface area contributed by atoms with Crippen molar-refractivity contribution in [2.24, 2.45) is 0 Å². The molecule has 0 aromatic heterocycles. The number of anilines is 2. The lowest BCUT2D eigenvalue weighted by molar-refractivity contribution is 0.0252. The molecule has 144 valence electrons. The first-order valence-corrected chi connectivity index (χ1v) is 9.29. The van der Waals surface area contributed by atoms with Gasteiger partial charge in [-0.2, -0.15) is 0 Å². The predicted octanol–water partition coefficient (Wildman–Crippen LogP) is 4.46. The molecule has 0 bridgehead atoms. The number of methoxy groups -OCH3 is 1. The Morgan fingerprint density at radius 2 is 1.48 bits per heavy atom. The summed E-state index contributed by atoms with van der Waals surface area (Å²) in [5, 5.41) is 0. The monoisotopic (exact) mass is 368 g/mol. The molecule has 1 saturated heterocycles. The molecule has 1 fully saturated rings. The van der Waals surface area contributed by atoms with E-state index in [9.17, 15) is 4.79 Å². The molecule has 1 aliphatic rings. The summed E-state index contributed by atoms with van der Waals surface area (Å²) in [6, 6.07) is 20.4. The number of hydrogen-bond acceptors (Lipinski definition) is 4. The van der Waals surface area contributed by atoms with Crippen LogP contribution in [0.25, 0.3) is 0 Å². The van der Waals surface area contributed by atoms with E-state index in [1.54, 1.807) is 12.0 Å². The summed E-state index contributed by atoms with van der Waals surface area (Å²) in [7, 11) is 1.70. The molecule has 0 saturated carbocycles. The molecule has 1 heterocycles. The Labute approximate surface area is 161 Å². The second-order valence-corrected chi connectivity index (χ2v) is 7.77. The van der Waals surface area contributed by atoms with Crippen LogP contribution in [0.1, 0.15) is 20.8 Å². The van der Waals surface area contributed by atoms with Crippen LogP contribution in [-0.4, -0.2) is 48.9 Å². The van der Waals surface area contributed by atoms with Gasteiger partial charge in [-0.3, -0.25) is 0 Å². The number of likely N-dealkylation sites (tertiary alicyclic amines) is 1. The fourth-order valence-corrected chi connectivity index (χ4v) is 3.42. The highest BCUT2D eigenvalue weighted by atomic mass is 16.6. The molecular formula is C22H28N2O3. The molecule has 2 aromatic carbocycles. The molecule has 5 nitrogen and oxygen atoms in total. The quantitative estimate of drug-likeness (QED) is 0.799. The zero-order chi connectivity index (χ0) is 19.4. The Morgan fingerprint density at radius 1 is 0.963 bits per heavy atom. The number of nitrogens with zero attached hydrogens (tertiary/aromatic N) is 2. The van der Waals surface area contributed by atoms with Crippen molar-refractivity contribution >= 4 is 17.5 Å². The highest BCUT2D eigenvalue weighted by molar-refractivity contribution is 5.70. The molecule has 1 aliphatic heterocycles. The lowest BCUT2D eigenvalue weighted by atomic mass is 10.1. The SMILES string of the molecule is COC1CN(C(=O)OC(C)(C)C)CC1N(c1ccccc1)c1ccccc1. The number of para-hydroxylation sites is 2. The van der Waals surface area contributed by atoms with Gasteiger partial charge in [0.2, 0.25) is 0 Å². The highest BCUT2D eigenvalue weighted by Gasteiger charge is 2.41. The van der Waals surface area contributed by atoms with Crippen LogP contribution >= 0.6 is 0 Å². The van der Waals surface area contributed by atoms with E-state index in [1.165, 1.54) is 0 Å². The summed E-state index contributed by atoms with van der Waals surface area (Å²) in [6.45, 7) is 6.69. The van der Waals surface area contributed by atoms with Gasteiger partial charge in [-0.15, -0.1) is 0 Å². The normalized spacial score (nSPS) is 19.8. The molecule has 27 heavy (non-hydrogen) atoms. The van der Waals surface area contributed by atoms with Crippen molar-refractivity contribution < 1.29 is 14.3 Å². The summed E-state index contributed by atoms with van der Waals surface area (Å²) in [6.07, 6.45) is -0.411. The number of benzene rings is 2. The van der Waals surface area contributed by atoms with Gasteiger partial charge < -0.3 is 19.3 Å². The minimum atomic E-state index is -0.518. The maximum Gasteiger partial charge on any atom is 0.410 e. The first-order chi connectivity index (χ1) is 12.9. The van der Waals surface area contributed by atoms with E-state index in [1.807, 2.05) is 57.2 Å². The van der Waals surface area contributed by atoms with Crippen molar-refractivity contribution in [1.82, 2.24) is 4.90 Å². The second kappa shape index (κ2) is 8.01. The Morgan fingerprint density at radius 3 is 1.93 bits per heavy atom. The minimum Gasteiger partial charge on any atom is -0.444 e. The number of ether oxygens (including phenoxy) is 2. The topological polar surface area (TPSA) is 42.0 Å². The molecular weight excluding hydrogens is 340 g/mol. The van der Waals surface area contributed by atoms with Gasteiger partial charge in [-0.1, -0.05) is 36.4 Å². The molecule has 2 unspecified atom stereocenters. The zero-order valence-electron chi connectivity index (χ0n) is 16.5. The van der Waals surface area contributed by atoms with Crippen LogP contribution in [0.2, 0.25) is 0 Å². The third-order valence-electron chi connectivity index (χ3n) is 4.59. The lowest BCUT2D eigenvalue weighted by Gasteiger charge is -2.34. The van der Waals surface area contributed by atoms with E-state index < -0.39 is 5.60 Å². The third kappa shape index (κ3) is 4.61. The maximum absolute atomic E-state index is 12.6. The molecule has 0 N–H and O–H groups in total. The molecule has 0 radical (unpaired) electrons. The van der Waals surface area contributed by atoms with Crippen LogP contribution in [0, 0.1) is 0 Å². The van der Waals surface area contributed by atoms with Crippen molar-refractivity contribution in [3.05, 3.63) is 60.7 Å². The highest BCUT2D eigenvalue weighted by Crippen LogP contribution is 2.32. The number of rotatable bonds is 4. The average Bonchev–Trinajstić information content (AvgIpc) is 3.07. The van der Waals surface area contributed by atoms with E-state index >= 15 is 0 Å². The van der Waals surface area contributed by atoms with Gasteiger partial charge in [0, 0.05) is 25.0 Å². The maximum atomic E-state index is 12.6. The first kappa shape index (κ1) is 19.2. The summed E-state index contributed by atoms with van der Waals surface area (Å²) >= 11 is 0. The molecule has 0 spiro atoms. The summed E-state index contributed by atoms with van der Waals surface area (Å²) in [4.78, 5) is 16.6. The van der Waals surface area contributed by atoms with Crippen LogP contribution in [0.5, 0.6) is 0 Å². The van der Waals surface area contributed by atoms with Crippen molar-refractivity contribution in [2.75, 3.05) is 25.1 Å². The standard InChI is InChI=1S/C22H28N2O3/c1-22(2,3)27-21(25)23-15-19(20(16-23)26-4)24(17-11-7-5-8-12-17)18-13-9-6-10-14-18/h5-14,19-20H,15-16H2,1-4H3. The van der Waals surface area contributed by atoms with Crippen LogP contribution in [0.15, 0.2) is 60.7 Å². The van der Waals surface area contributed by atoms with E-state index in [4.69, 9.17) is 9.47 Å². The van der Waals surface area contributed by atoms with Crippen LogP contribution in [0.3, 0.4) is 0 Å². The van der Waals surface area contributed by atoms with Gasteiger partial charge >= 0.3 is 6.09 Å². The predicted molar refractivity (Wildman–Crippen MR) is 107 cm³/mol. The van der Waals surface area contributed by atoms with Gasteiger partial charge in [-0.05, 0) is 45.0 Å². The van der Waals surface area contributed by atoms with Crippen LogP contribution < -0.4 is 4.90 Å². The summed E-state index contributed by atoms with van der Waals surface area (Å²) < 4.78 is 11.3. The van der Waals surface area contributed by atoms with E-state index in [0.717, 1.165) is 11.4 Å². The van der Waals surface area contributed by atoms with Gasteiger partial charge in [0.25, 0.3) is 0 Å². The van der Waals surface area contributed by atoms with Crippen LogP contribution in [-0.2, 0) is 9.47 Å². The van der Waals surface area contributed by atoms with Crippen molar-refractivity contribution in [3.63, 3.8) is 0 Å². The largest absolute Gasteiger partial charge is 0.444 e. The molecule has 1 amide bonds. The molecule has 5 heteroatoms. The van der Waals surface area contributed by atoms with E-state index in [-0.39, 0.29) is 18.2 Å². The van der Waals surface area contributed by atoms with E-state index in [0.29, 0.717) is 13.1 Å². The Balaban J connectivity index is 1.91. The summed E-state index contributed by atoms with van der Waals surface area (Å²) in [5.41, 5.74) is 1.62. The number of carbonyl (C=O) groups excluding carboxylic acids is 1. The van der Waals surface area contributed by atoms with Crippen molar-refractivity contribution in [1.29, 1.82) is 0 Å². The Kier molecular flexibility index (Phi) is 5.71. The Hall–Kier alpha value is -2.53. The van der Waals surface area contributed by atoms with E-state index in [2.05, 4.69) is 29.2 Å². The number of amides is 1. The fourth-order valence-electron chi connectivity index (χ4n) is 3.42. The van der Waals surface area contributed by atoms with Crippen LogP contribution in [0.4, 0.5) is 16.2 Å². The van der Waals surface area contributed by atoms with Gasteiger partial charge in [0.1, 0.15) is 5.60 Å². The lowest BCUT2D eigenvalue weighted by Crippen LogP contribution is -2.41. The third-order valence-corrected chi connectivity index (χ3v) is 4.59. The molecule has 2 atom stereocenters. The van der Waals surface area contributed by atoms with Crippen molar-refractivity contribution in [3.8, 4) is 0 Å². The number of carbonyl (C=O) groups is 1.